The number of rotatable bonds is 2. The van der Waals surface area contributed by atoms with Crippen LogP contribution in [0.2, 0.25) is 0 Å². The van der Waals surface area contributed by atoms with Crippen molar-refractivity contribution in [1.29, 1.82) is 0 Å². The third kappa shape index (κ3) is 8.10. The number of ether oxygens (including phenoxy) is 1. The molecule has 66 valence electrons. The van der Waals surface area contributed by atoms with E-state index in [0.717, 1.165) is 11.8 Å². The smallest absolute Gasteiger partial charge is 0.220 e. The molecule has 0 amide bonds. The second-order valence-corrected chi connectivity index (χ2v) is 5.11. The Morgan fingerprint density at radius 2 is 2.00 bits per heavy atom. The monoisotopic (exact) mass is 194 g/mol. The first-order valence-electron chi connectivity index (χ1n) is 3.38. The highest BCUT2D eigenvalue weighted by Crippen LogP contribution is 2.19. The molecule has 0 aromatic heterocycles. The highest BCUT2D eigenvalue weighted by molar-refractivity contribution is 8.22. The van der Waals surface area contributed by atoms with Crippen LogP contribution in [0.25, 0.3) is 0 Å². The average molecular weight is 194 g/mol. The highest BCUT2D eigenvalue weighted by Gasteiger charge is 2.16. The highest BCUT2D eigenvalue weighted by atomic mass is 32.2. The van der Waals surface area contributed by atoms with Crippen LogP contribution in [-0.2, 0) is 4.74 Å². The zero-order valence-corrected chi connectivity index (χ0v) is 8.88. The van der Waals surface area contributed by atoms with Crippen LogP contribution in [0, 0.1) is 0 Å². The summed E-state index contributed by atoms with van der Waals surface area (Å²) in [6, 6.07) is 0. The Balaban J connectivity index is 3.69. The van der Waals surface area contributed by atoms with Crippen LogP contribution >= 0.6 is 24.0 Å². The molecular formula is C7H14O2S2. The SMILES string of the molecule is CC(OC(C)(C)C)SC(O)=S. The number of thiocarbonyl (C=S) groups is 1. The summed E-state index contributed by atoms with van der Waals surface area (Å²) in [5.41, 5.74) is -0.274. The Kier molecular flexibility index (Phi) is 4.36. The summed E-state index contributed by atoms with van der Waals surface area (Å²) in [5, 5.41) is 8.73. The molecule has 0 aliphatic carbocycles. The minimum atomic E-state index is -0.183. The van der Waals surface area contributed by atoms with Crippen molar-refractivity contribution in [3.8, 4) is 0 Å². The molecule has 0 bridgehead atoms. The molecule has 4 heteroatoms. The molecule has 0 heterocycles. The molecular weight excluding hydrogens is 180 g/mol. The molecule has 0 aromatic carbocycles. The van der Waals surface area contributed by atoms with Crippen LogP contribution in [0.4, 0.5) is 0 Å². The lowest BCUT2D eigenvalue weighted by molar-refractivity contribution is -0.0111. The molecule has 2 nitrogen and oxygen atoms in total. The molecule has 0 radical (unpaired) electrons. The number of aliphatic hydroxyl groups excluding tert-OH is 1. The van der Waals surface area contributed by atoms with Gasteiger partial charge in [-0.2, -0.15) is 0 Å². The van der Waals surface area contributed by atoms with Crippen molar-refractivity contribution in [1.82, 2.24) is 0 Å². The van der Waals surface area contributed by atoms with Crippen molar-refractivity contribution >= 4 is 28.4 Å². The van der Waals surface area contributed by atoms with E-state index in [1.54, 1.807) is 0 Å². The minimum absolute atomic E-state index is 0.0678. The lowest BCUT2D eigenvalue weighted by atomic mass is 10.2. The van der Waals surface area contributed by atoms with Crippen molar-refractivity contribution in [2.24, 2.45) is 0 Å². The van der Waals surface area contributed by atoms with E-state index in [-0.39, 0.29) is 15.4 Å². The number of thioether (sulfide) groups is 1. The van der Waals surface area contributed by atoms with Crippen molar-refractivity contribution < 1.29 is 9.84 Å². The first-order valence-corrected chi connectivity index (χ1v) is 4.67. The molecule has 0 aliphatic heterocycles. The fourth-order valence-electron chi connectivity index (χ4n) is 0.664. The molecule has 0 saturated carbocycles. The summed E-state index contributed by atoms with van der Waals surface area (Å²) in [6.45, 7) is 7.75. The van der Waals surface area contributed by atoms with E-state index in [9.17, 15) is 0 Å². The van der Waals surface area contributed by atoms with E-state index < -0.39 is 0 Å². The van der Waals surface area contributed by atoms with Crippen LogP contribution < -0.4 is 0 Å². The van der Waals surface area contributed by atoms with Gasteiger partial charge in [-0.05, 0) is 51.7 Å². The van der Waals surface area contributed by atoms with Gasteiger partial charge in [-0.25, -0.2) is 0 Å². The van der Waals surface area contributed by atoms with E-state index in [0.29, 0.717) is 0 Å². The Hall–Kier alpha value is 0.200. The second kappa shape index (κ2) is 4.28. The van der Waals surface area contributed by atoms with E-state index in [1.807, 2.05) is 27.7 Å². The van der Waals surface area contributed by atoms with Gasteiger partial charge in [-0.1, -0.05) is 0 Å². The van der Waals surface area contributed by atoms with E-state index >= 15 is 0 Å². The topological polar surface area (TPSA) is 29.5 Å². The maximum Gasteiger partial charge on any atom is 0.220 e. The van der Waals surface area contributed by atoms with Crippen molar-refractivity contribution in [3.63, 3.8) is 0 Å². The fourth-order valence-corrected chi connectivity index (χ4v) is 1.69. The molecule has 0 spiro atoms. The zero-order valence-electron chi connectivity index (χ0n) is 7.25. The van der Waals surface area contributed by atoms with Gasteiger partial charge in [0, 0.05) is 0 Å². The van der Waals surface area contributed by atoms with Gasteiger partial charge in [0.2, 0.25) is 4.38 Å². The van der Waals surface area contributed by atoms with Crippen molar-refractivity contribution in [3.05, 3.63) is 0 Å². The predicted molar refractivity (Wildman–Crippen MR) is 53.1 cm³/mol. The molecule has 1 atom stereocenters. The molecule has 0 fully saturated rings. The summed E-state index contributed by atoms with van der Waals surface area (Å²) >= 11 is 5.65. The first-order chi connectivity index (χ1) is 4.81. The van der Waals surface area contributed by atoms with Gasteiger partial charge in [-0.15, -0.1) is 0 Å². The number of aliphatic hydroxyl groups is 1. The van der Waals surface area contributed by atoms with E-state index in [2.05, 4.69) is 12.2 Å². The van der Waals surface area contributed by atoms with Gasteiger partial charge in [0.15, 0.2) is 0 Å². The molecule has 0 aliphatic rings. The van der Waals surface area contributed by atoms with E-state index in [4.69, 9.17) is 9.84 Å². The van der Waals surface area contributed by atoms with Gasteiger partial charge in [0.05, 0.1) is 5.60 Å². The summed E-state index contributed by atoms with van der Waals surface area (Å²) in [4.78, 5) is 0. The minimum Gasteiger partial charge on any atom is -0.494 e. The Labute approximate surface area is 77.3 Å². The molecule has 0 saturated heterocycles. The predicted octanol–water partition coefficient (Wildman–Crippen LogP) is 2.72. The summed E-state index contributed by atoms with van der Waals surface area (Å²) < 4.78 is 5.40. The summed E-state index contributed by atoms with van der Waals surface area (Å²) in [5.74, 6) is 0. The van der Waals surface area contributed by atoms with Crippen LogP contribution in [0.5, 0.6) is 0 Å². The third-order valence-corrected chi connectivity index (χ3v) is 1.70. The van der Waals surface area contributed by atoms with Crippen molar-refractivity contribution in [2.45, 2.75) is 38.7 Å². The van der Waals surface area contributed by atoms with Gasteiger partial charge < -0.3 is 9.84 Å². The maximum atomic E-state index is 8.73. The molecule has 0 rings (SSSR count). The standard InChI is InChI=1S/C7H14O2S2/c1-5(11-6(8)10)9-7(2,3)4/h5H,1-4H3,(H,8,10). The summed E-state index contributed by atoms with van der Waals surface area (Å²) in [7, 11) is 0. The molecule has 11 heavy (non-hydrogen) atoms. The first kappa shape index (κ1) is 11.2. The average Bonchev–Trinajstić information content (AvgIpc) is 1.53. The molecule has 1 unspecified atom stereocenters. The van der Waals surface area contributed by atoms with Crippen molar-refractivity contribution in [2.75, 3.05) is 0 Å². The van der Waals surface area contributed by atoms with Gasteiger partial charge in [0.25, 0.3) is 0 Å². The van der Waals surface area contributed by atoms with Crippen LogP contribution in [0.1, 0.15) is 27.7 Å². The number of hydrogen-bond donors (Lipinski definition) is 1. The quantitative estimate of drug-likeness (QED) is 0.540. The lowest BCUT2D eigenvalue weighted by Crippen LogP contribution is -2.24. The Bertz CT molecular complexity index is 140. The van der Waals surface area contributed by atoms with Crippen LogP contribution in [-0.4, -0.2) is 20.5 Å². The third-order valence-electron chi connectivity index (χ3n) is 0.786. The van der Waals surface area contributed by atoms with E-state index in [1.165, 1.54) is 0 Å². The Morgan fingerprint density at radius 1 is 1.55 bits per heavy atom. The summed E-state index contributed by atoms with van der Waals surface area (Å²) in [6.07, 6.45) is 0. The number of hydrogen-bond acceptors (Lipinski definition) is 3. The fraction of sp³-hybridized carbons (Fsp3) is 0.857. The van der Waals surface area contributed by atoms with Gasteiger partial charge in [-0.3, -0.25) is 0 Å². The van der Waals surface area contributed by atoms with Crippen LogP contribution in [0.15, 0.2) is 0 Å². The lowest BCUT2D eigenvalue weighted by Gasteiger charge is -2.23. The van der Waals surface area contributed by atoms with Gasteiger partial charge >= 0.3 is 0 Å². The largest absolute Gasteiger partial charge is 0.494 e. The molecule has 0 aromatic rings. The van der Waals surface area contributed by atoms with Crippen LogP contribution in [0.3, 0.4) is 0 Å². The normalized spacial score (nSPS) is 14.5. The zero-order chi connectivity index (χ0) is 9.07. The maximum absolute atomic E-state index is 8.73. The Morgan fingerprint density at radius 3 is 2.27 bits per heavy atom. The second-order valence-electron chi connectivity index (χ2n) is 3.18. The van der Waals surface area contributed by atoms with Gasteiger partial charge in [0.1, 0.15) is 5.44 Å². The molecule has 1 N–H and O–H groups in total.